The third kappa shape index (κ3) is 2.30. The molecule has 120 valence electrons. The van der Waals surface area contributed by atoms with Crippen LogP contribution in [0.2, 0.25) is 0 Å². The third-order valence-electron chi connectivity index (χ3n) is 3.80. The molecule has 0 fully saturated rings. The van der Waals surface area contributed by atoms with E-state index in [1.165, 1.54) is 11.3 Å². The van der Waals surface area contributed by atoms with Crippen LogP contribution in [0.5, 0.6) is 23.0 Å². The predicted octanol–water partition coefficient (Wildman–Crippen LogP) is 4.01. The lowest BCUT2D eigenvalue weighted by molar-refractivity contribution is 0.173. The van der Waals surface area contributed by atoms with Gasteiger partial charge in [-0.15, -0.1) is 11.3 Å². The SMILES string of the molecule is c1cc2c(cc1Nc1nc(-c3ccc4c(c3)OCO4)cs1)OCO2. The number of benzene rings is 2. The summed E-state index contributed by atoms with van der Waals surface area (Å²) in [4.78, 5) is 4.63. The highest BCUT2D eigenvalue weighted by atomic mass is 32.1. The summed E-state index contributed by atoms with van der Waals surface area (Å²) >= 11 is 1.54. The van der Waals surface area contributed by atoms with E-state index in [9.17, 15) is 0 Å². The van der Waals surface area contributed by atoms with Gasteiger partial charge in [-0.25, -0.2) is 4.98 Å². The quantitative estimate of drug-likeness (QED) is 0.777. The fourth-order valence-corrected chi connectivity index (χ4v) is 3.36. The van der Waals surface area contributed by atoms with Gasteiger partial charge in [0, 0.05) is 22.7 Å². The number of thiazole rings is 1. The number of fused-ring (bicyclic) bond motifs is 2. The molecule has 2 aromatic carbocycles. The highest BCUT2D eigenvalue weighted by molar-refractivity contribution is 7.14. The molecule has 2 aliphatic heterocycles. The Balaban J connectivity index is 1.39. The van der Waals surface area contributed by atoms with Crippen LogP contribution in [0.1, 0.15) is 0 Å². The molecule has 24 heavy (non-hydrogen) atoms. The lowest BCUT2D eigenvalue weighted by Gasteiger charge is -2.04. The number of aromatic nitrogens is 1. The van der Waals surface area contributed by atoms with E-state index < -0.39 is 0 Å². The lowest BCUT2D eigenvalue weighted by Crippen LogP contribution is -1.93. The summed E-state index contributed by atoms with van der Waals surface area (Å²) < 4.78 is 21.5. The van der Waals surface area contributed by atoms with Crippen LogP contribution in [-0.4, -0.2) is 18.6 Å². The van der Waals surface area contributed by atoms with E-state index in [4.69, 9.17) is 18.9 Å². The first-order valence-electron chi connectivity index (χ1n) is 7.37. The first-order chi connectivity index (χ1) is 11.8. The monoisotopic (exact) mass is 340 g/mol. The molecule has 7 heteroatoms. The second-order valence-electron chi connectivity index (χ2n) is 5.30. The maximum Gasteiger partial charge on any atom is 0.231 e. The maximum absolute atomic E-state index is 5.42. The Labute approximate surface area is 141 Å². The molecular formula is C17H12N2O4S. The zero-order valence-electron chi connectivity index (χ0n) is 12.4. The van der Waals surface area contributed by atoms with Crippen LogP contribution < -0.4 is 24.3 Å². The van der Waals surface area contributed by atoms with Gasteiger partial charge < -0.3 is 24.3 Å². The van der Waals surface area contributed by atoms with E-state index >= 15 is 0 Å². The molecule has 5 rings (SSSR count). The average Bonchev–Trinajstić information content (AvgIpc) is 3.34. The minimum atomic E-state index is 0.268. The van der Waals surface area contributed by atoms with E-state index in [0.717, 1.165) is 45.1 Å². The van der Waals surface area contributed by atoms with Crippen LogP contribution in [0.4, 0.5) is 10.8 Å². The van der Waals surface area contributed by atoms with Crippen LogP contribution in [0.3, 0.4) is 0 Å². The third-order valence-corrected chi connectivity index (χ3v) is 4.55. The van der Waals surface area contributed by atoms with Gasteiger partial charge in [-0.1, -0.05) is 0 Å². The summed E-state index contributed by atoms with van der Waals surface area (Å²) in [6.45, 7) is 0.539. The first-order valence-corrected chi connectivity index (χ1v) is 8.25. The van der Waals surface area contributed by atoms with Gasteiger partial charge in [-0.2, -0.15) is 0 Å². The van der Waals surface area contributed by atoms with Crippen LogP contribution in [0.15, 0.2) is 41.8 Å². The molecule has 1 N–H and O–H groups in total. The first kappa shape index (κ1) is 13.5. The highest BCUT2D eigenvalue weighted by Gasteiger charge is 2.16. The minimum absolute atomic E-state index is 0.268. The summed E-state index contributed by atoms with van der Waals surface area (Å²) in [5, 5.41) is 6.11. The molecule has 0 atom stereocenters. The molecule has 0 unspecified atom stereocenters. The van der Waals surface area contributed by atoms with Crippen molar-refractivity contribution in [3.8, 4) is 34.3 Å². The molecule has 0 aliphatic carbocycles. The van der Waals surface area contributed by atoms with E-state index in [2.05, 4.69) is 10.3 Å². The number of nitrogens with zero attached hydrogens (tertiary/aromatic N) is 1. The number of hydrogen-bond donors (Lipinski definition) is 1. The van der Waals surface area contributed by atoms with Crippen LogP contribution in [-0.2, 0) is 0 Å². The van der Waals surface area contributed by atoms with Crippen molar-refractivity contribution >= 4 is 22.2 Å². The van der Waals surface area contributed by atoms with Crippen molar-refractivity contribution in [3.63, 3.8) is 0 Å². The highest BCUT2D eigenvalue weighted by Crippen LogP contribution is 2.38. The van der Waals surface area contributed by atoms with Gasteiger partial charge >= 0.3 is 0 Å². The number of rotatable bonds is 3. The average molecular weight is 340 g/mol. The second-order valence-corrected chi connectivity index (χ2v) is 6.16. The van der Waals surface area contributed by atoms with Crippen LogP contribution in [0, 0.1) is 0 Å². The molecule has 0 saturated carbocycles. The molecule has 0 radical (unpaired) electrons. The number of hydrogen-bond acceptors (Lipinski definition) is 7. The molecular weight excluding hydrogens is 328 g/mol. The molecule has 3 heterocycles. The van der Waals surface area contributed by atoms with Crippen molar-refractivity contribution in [2.75, 3.05) is 18.9 Å². The molecule has 2 aliphatic rings. The van der Waals surface area contributed by atoms with Crippen molar-refractivity contribution in [2.24, 2.45) is 0 Å². The number of anilines is 2. The minimum Gasteiger partial charge on any atom is -0.454 e. The Hall–Kier alpha value is -2.93. The Bertz CT molecular complexity index is 925. The fraction of sp³-hybridized carbons (Fsp3) is 0.118. The van der Waals surface area contributed by atoms with E-state index in [1.54, 1.807) is 0 Å². The van der Waals surface area contributed by atoms with Gasteiger partial charge in [0.2, 0.25) is 13.6 Å². The number of ether oxygens (including phenoxy) is 4. The smallest absolute Gasteiger partial charge is 0.231 e. The summed E-state index contributed by atoms with van der Waals surface area (Å²) in [5.41, 5.74) is 2.79. The molecule has 0 saturated heterocycles. The van der Waals surface area contributed by atoms with Gasteiger partial charge in [-0.3, -0.25) is 0 Å². The molecule has 0 spiro atoms. The summed E-state index contributed by atoms with van der Waals surface area (Å²) in [5.74, 6) is 3.03. The zero-order chi connectivity index (χ0) is 15.9. The van der Waals surface area contributed by atoms with Crippen molar-refractivity contribution in [1.29, 1.82) is 0 Å². The Morgan fingerprint density at radius 2 is 1.54 bits per heavy atom. The number of nitrogens with one attached hydrogen (secondary N) is 1. The van der Waals surface area contributed by atoms with Crippen LogP contribution >= 0.6 is 11.3 Å². The summed E-state index contributed by atoms with van der Waals surface area (Å²) in [7, 11) is 0. The maximum atomic E-state index is 5.42. The summed E-state index contributed by atoms with van der Waals surface area (Å²) in [6.07, 6.45) is 0. The van der Waals surface area contributed by atoms with Crippen LogP contribution in [0.25, 0.3) is 11.3 Å². The second kappa shape index (κ2) is 5.31. The van der Waals surface area contributed by atoms with Crippen molar-refractivity contribution in [2.45, 2.75) is 0 Å². The molecule has 0 bridgehead atoms. The van der Waals surface area contributed by atoms with Gasteiger partial charge in [0.05, 0.1) is 5.69 Å². The van der Waals surface area contributed by atoms with E-state index in [-0.39, 0.29) is 13.6 Å². The van der Waals surface area contributed by atoms with Crippen molar-refractivity contribution in [3.05, 3.63) is 41.8 Å². The molecule has 3 aromatic rings. The Kier molecular flexibility index (Phi) is 2.99. The topological polar surface area (TPSA) is 61.8 Å². The normalized spacial score (nSPS) is 14.0. The van der Waals surface area contributed by atoms with Gasteiger partial charge in [0.15, 0.2) is 28.1 Å². The standard InChI is InChI=1S/C17H12N2O4S/c1-3-13-15(22-8-20-13)5-10(1)12-7-24-17(19-12)18-11-2-4-14-16(6-11)23-9-21-14/h1-7H,8-9H2,(H,18,19). The molecule has 1 aromatic heterocycles. The van der Waals surface area contributed by atoms with E-state index in [0.29, 0.717) is 0 Å². The lowest BCUT2D eigenvalue weighted by atomic mass is 10.1. The van der Waals surface area contributed by atoms with Gasteiger partial charge in [0.1, 0.15) is 0 Å². The molecule has 0 amide bonds. The van der Waals surface area contributed by atoms with E-state index in [1.807, 2.05) is 41.8 Å². The van der Waals surface area contributed by atoms with Gasteiger partial charge in [0.25, 0.3) is 0 Å². The Morgan fingerprint density at radius 1 is 0.833 bits per heavy atom. The Morgan fingerprint density at radius 3 is 2.38 bits per heavy atom. The molecule has 6 nitrogen and oxygen atoms in total. The zero-order valence-corrected chi connectivity index (χ0v) is 13.3. The predicted molar refractivity (Wildman–Crippen MR) is 89.5 cm³/mol. The summed E-state index contributed by atoms with van der Waals surface area (Å²) in [6, 6.07) is 11.6. The fourth-order valence-electron chi connectivity index (χ4n) is 2.62. The van der Waals surface area contributed by atoms with Crippen molar-refractivity contribution < 1.29 is 18.9 Å². The van der Waals surface area contributed by atoms with Crippen molar-refractivity contribution in [1.82, 2.24) is 4.98 Å². The largest absolute Gasteiger partial charge is 0.454 e. The van der Waals surface area contributed by atoms with Gasteiger partial charge in [-0.05, 0) is 30.3 Å².